The zero-order valence-electron chi connectivity index (χ0n) is 9.70. The maximum absolute atomic E-state index is 11.3. The topological polar surface area (TPSA) is 52.6 Å². The minimum atomic E-state index is -0.229. The van der Waals surface area contributed by atoms with Crippen LogP contribution in [0.4, 0.5) is 0 Å². The lowest BCUT2D eigenvalue weighted by atomic mass is 9.92. The van der Waals surface area contributed by atoms with Gasteiger partial charge in [-0.2, -0.15) is 0 Å². The zero-order chi connectivity index (χ0) is 11.3. The van der Waals surface area contributed by atoms with Gasteiger partial charge in [0.2, 0.25) is 5.91 Å². The average Bonchev–Trinajstić information content (AvgIpc) is 2.20. The van der Waals surface area contributed by atoms with E-state index in [1.807, 2.05) is 0 Å². The Morgan fingerprint density at radius 2 is 2.07 bits per heavy atom. The third-order valence-corrected chi connectivity index (χ3v) is 2.97. The standard InChI is InChI=1S/C11H22N2O2/c1-13(2)11(15)7-8-12-9-5-3-4-6-10(9)14/h9-10,12,14H,3-8H2,1-2H3. The Bertz CT molecular complexity index is 207. The van der Waals surface area contributed by atoms with Gasteiger partial charge in [0, 0.05) is 33.1 Å². The molecule has 1 amide bonds. The highest BCUT2D eigenvalue weighted by molar-refractivity contribution is 5.75. The van der Waals surface area contributed by atoms with E-state index >= 15 is 0 Å². The van der Waals surface area contributed by atoms with E-state index in [-0.39, 0.29) is 18.1 Å². The fourth-order valence-corrected chi connectivity index (χ4v) is 1.94. The minimum absolute atomic E-state index is 0.132. The fourth-order valence-electron chi connectivity index (χ4n) is 1.94. The first-order chi connectivity index (χ1) is 7.11. The number of nitrogens with one attached hydrogen (secondary N) is 1. The molecule has 1 aliphatic rings. The first-order valence-electron chi connectivity index (χ1n) is 5.73. The largest absolute Gasteiger partial charge is 0.392 e. The molecule has 0 spiro atoms. The molecular formula is C11H22N2O2. The molecule has 0 saturated heterocycles. The number of aliphatic hydroxyl groups excluding tert-OH is 1. The first-order valence-corrected chi connectivity index (χ1v) is 5.73. The van der Waals surface area contributed by atoms with Crippen LogP contribution in [-0.2, 0) is 4.79 Å². The average molecular weight is 214 g/mol. The van der Waals surface area contributed by atoms with E-state index in [0.717, 1.165) is 19.3 Å². The van der Waals surface area contributed by atoms with Gasteiger partial charge in [-0.05, 0) is 12.8 Å². The van der Waals surface area contributed by atoms with Crippen LogP contribution in [0.1, 0.15) is 32.1 Å². The van der Waals surface area contributed by atoms with Crippen molar-refractivity contribution in [1.82, 2.24) is 10.2 Å². The lowest BCUT2D eigenvalue weighted by Crippen LogP contribution is -2.43. The Morgan fingerprint density at radius 3 is 2.67 bits per heavy atom. The van der Waals surface area contributed by atoms with E-state index < -0.39 is 0 Å². The molecule has 0 aromatic carbocycles. The van der Waals surface area contributed by atoms with Gasteiger partial charge < -0.3 is 15.3 Å². The van der Waals surface area contributed by atoms with Gasteiger partial charge in [0.05, 0.1) is 6.10 Å². The summed E-state index contributed by atoms with van der Waals surface area (Å²) < 4.78 is 0. The van der Waals surface area contributed by atoms with Crippen molar-refractivity contribution in [2.75, 3.05) is 20.6 Å². The molecule has 0 aromatic rings. The van der Waals surface area contributed by atoms with Gasteiger partial charge in [-0.3, -0.25) is 4.79 Å². The summed E-state index contributed by atoms with van der Waals surface area (Å²) >= 11 is 0. The van der Waals surface area contributed by atoms with Crippen LogP contribution >= 0.6 is 0 Å². The molecule has 0 bridgehead atoms. The first kappa shape index (κ1) is 12.5. The molecule has 2 atom stereocenters. The predicted octanol–water partition coefficient (Wildman–Crippen LogP) is 0.358. The maximum atomic E-state index is 11.3. The van der Waals surface area contributed by atoms with Crippen LogP contribution in [0.3, 0.4) is 0 Å². The number of hydrogen-bond acceptors (Lipinski definition) is 3. The van der Waals surface area contributed by atoms with Crippen LogP contribution in [0.15, 0.2) is 0 Å². The Hall–Kier alpha value is -0.610. The van der Waals surface area contributed by atoms with Gasteiger partial charge in [0.1, 0.15) is 0 Å². The SMILES string of the molecule is CN(C)C(=O)CCNC1CCCCC1O. The fraction of sp³-hybridized carbons (Fsp3) is 0.909. The smallest absolute Gasteiger partial charge is 0.223 e. The quantitative estimate of drug-likeness (QED) is 0.710. The third kappa shape index (κ3) is 4.18. The van der Waals surface area contributed by atoms with E-state index in [0.29, 0.717) is 13.0 Å². The van der Waals surface area contributed by atoms with E-state index in [4.69, 9.17) is 0 Å². The summed E-state index contributed by atoms with van der Waals surface area (Å²) in [4.78, 5) is 12.9. The minimum Gasteiger partial charge on any atom is -0.392 e. The normalized spacial score (nSPS) is 26.3. The summed E-state index contributed by atoms with van der Waals surface area (Å²) in [5.74, 6) is 0.132. The number of aliphatic hydroxyl groups is 1. The number of hydrogen-bond donors (Lipinski definition) is 2. The highest BCUT2D eigenvalue weighted by Crippen LogP contribution is 2.18. The van der Waals surface area contributed by atoms with Crippen molar-refractivity contribution in [2.24, 2.45) is 0 Å². The molecule has 88 valence electrons. The summed E-state index contributed by atoms with van der Waals surface area (Å²) in [5, 5.41) is 12.9. The molecule has 4 heteroatoms. The van der Waals surface area contributed by atoms with Crippen molar-refractivity contribution in [3.8, 4) is 0 Å². The molecule has 1 rings (SSSR count). The van der Waals surface area contributed by atoms with E-state index in [1.54, 1.807) is 19.0 Å². The summed E-state index contributed by atoms with van der Waals surface area (Å²) in [6, 6.07) is 0.189. The molecule has 4 nitrogen and oxygen atoms in total. The molecule has 0 heterocycles. The van der Waals surface area contributed by atoms with Gasteiger partial charge in [-0.1, -0.05) is 12.8 Å². The van der Waals surface area contributed by atoms with E-state index in [1.165, 1.54) is 6.42 Å². The lowest BCUT2D eigenvalue weighted by Gasteiger charge is -2.28. The molecule has 0 aromatic heterocycles. The summed E-state index contributed by atoms with van der Waals surface area (Å²) in [7, 11) is 3.52. The van der Waals surface area contributed by atoms with Crippen molar-refractivity contribution in [3.05, 3.63) is 0 Å². The molecule has 15 heavy (non-hydrogen) atoms. The number of nitrogens with zero attached hydrogens (tertiary/aromatic N) is 1. The van der Waals surface area contributed by atoms with Crippen molar-refractivity contribution in [3.63, 3.8) is 0 Å². The van der Waals surface area contributed by atoms with Gasteiger partial charge >= 0.3 is 0 Å². The van der Waals surface area contributed by atoms with Crippen LogP contribution in [-0.4, -0.2) is 48.7 Å². The van der Waals surface area contributed by atoms with Crippen LogP contribution in [0.5, 0.6) is 0 Å². The number of amides is 1. The summed E-state index contributed by atoms with van der Waals surface area (Å²) in [6.07, 6.45) is 4.49. The molecular weight excluding hydrogens is 192 g/mol. The van der Waals surface area contributed by atoms with Crippen LogP contribution in [0, 0.1) is 0 Å². The van der Waals surface area contributed by atoms with Crippen molar-refractivity contribution in [2.45, 2.75) is 44.2 Å². The maximum Gasteiger partial charge on any atom is 0.223 e. The highest BCUT2D eigenvalue weighted by atomic mass is 16.3. The summed E-state index contributed by atoms with van der Waals surface area (Å²) in [5.41, 5.74) is 0. The molecule has 0 aliphatic heterocycles. The molecule has 2 unspecified atom stereocenters. The van der Waals surface area contributed by atoms with Gasteiger partial charge in [-0.25, -0.2) is 0 Å². The van der Waals surface area contributed by atoms with Crippen LogP contribution < -0.4 is 5.32 Å². The molecule has 1 saturated carbocycles. The number of carbonyl (C=O) groups is 1. The highest BCUT2D eigenvalue weighted by Gasteiger charge is 2.22. The Morgan fingerprint density at radius 1 is 1.40 bits per heavy atom. The number of carbonyl (C=O) groups excluding carboxylic acids is 1. The lowest BCUT2D eigenvalue weighted by molar-refractivity contribution is -0.128. The van der Waals surface area contributed by atoms with Gasteiger partial charge in [-0.15, -0.1) is 0 Å². The Labute approximate surface area is 91.6 Å². The molecule has 2 N–H and O–H groups in total. The predicted molar refractivity (Wildman–Crippen MR) is 59.6 cm³/mol. The third-order valence-electron chi connectivity index (χ3n) is 2.97. The van der Waals surface area contributed by atoms with E-state index in [9.17, 15) is 9.90 Å². The molecule has 1 fully saturated rings. The number of rotatable bonds is 4. The molecule has 0 radical (unpaired) electrons. The monoisotopic (exact) mass is 214 g/mol. The Balaban J connectivity index is 2.16. The second kappa shape index (κ2) is 6.08. The summed E-state index contributed by atoms with van der Waals surface area (Å²) in [6.45, 7) is 0.665. The van der Waals surface area contributed by atoms with Crippen molar-refractivity contribution >= 4 is 5.91 Å². The van der Waals surface area contributed by atoms with Crippen LogP contribution in [0.2, 0.25) is 0 Å². The Kier molecular flexibility index (Phi) is 5.05. The van der Waals surface area contributed by atoms with Gasteiger partial charge in [0.25, 0.3) is 0 Å². The van der Waals surface area contributed by atoms with Crippen molar-refractivity contribution in [1.29, 1.82) is 0 Å². The van der Waals surface area contributed by atoms with Crippen molar-refractivity contribution < 1.29 is 9.90 Å². The van der Waals surface area contributed by atoms with E-state index in [2.05, 4.69) is 5.32 Å². The second-order valence-corrected chi connectivity index (χ2v) is 4.45. The van der Waals surface area contributed by atoms with Gasteiger partial charge in [0.15, 0.2) is 0 Å². The zero-order valence-corrected chi connectivity index (χ0v) is 9.70. The second-order valence-electron chi connectivity index (χ2n) is 4.45. The molecule has 1 aliphatic carbocycles. The van der Waals surface area contributed by atoms with Crippen LogP contribution in [0.25, 0.3) is 0 Å².